The first kappa shape index (κ1) is 5.62. The van der Waals surface area contributed by atoms with Crippen LogP contribution in [0.5, 0.6) is 0 Å². The zero-order chi connectivity index (χ0) is 4.50. The topological polar surface area (TPSA) is 0 Å². The van der Waals surface area contributed by atoms with E-state index in [9.17, 15) is 10.5 Å². The molecule has 32 valence electrons. The molecular weight excluding hydrogens is 165 g/mol. The third-order valence-electron chi connectivity index (χ3n) is 0. The summed E-state index contributed by atoms with van der Waals surface area (Å²) in [4.78, 5) is 0. The van der Waals surface area contributed by atoms with Crippen molar-refractivity contribution in [2.75, 3.05) is 0 Å². The monoisotopic (exact) mass is 166 g/mol. The summed E-state index contributed by atoms with van der Waals surface area (Å²) in [6.45, 7) is 0. The Kier molecular flexibility index (Phi) is 1.56. The van der Waals surface area contributed by atoms with Gasteiger partial charge in [-0.1, -0.05) is 0 Å². The van der Waals surface area contributed by atoms with E-state index in [0.717, 1.165) is 0 Å². The van der Waals surface area contributed by atoms with Crippen molar-refractivity contribution >= 4 is 23.7 Å². The van der Waals surface area contributed by atoms with Crippen LogP contribution in [0.25, 0.3) is 0 Å². The summed E-state index contributed by atoms with van der Waals surface area (Å²) in [6.07, 6.45) is 0. The summed E-state index contributed by atoms with van der Waals surface area (Å²) in [6, 6.07) is 0. The molecule has 0 aromatic heterocycles. The van der Waals surface area contributed by atoms with Crippen molar-refractivity contribution in [3.8, 4) is 0 Å². The Labute approximate surface area is 34.9 Å². The fourth-order valence-electron chi connectivity index (χ4n) is 0. The third-order valence-corrected chi connectivity index (χ3v) is 0. The molecule has 5 heavy (non-hydrogen) atoms. The van der Waals surface area contributed by atoms with Crippen molar-refractivity contribution in [2.24, 2.45) is 0 Å². The molecule has 0 aromatic carbocycles. The van der Waals surface area contributed by atoms with Gasteiger partial charge in [-0.3, -0.25) is 0 Å². The first-order valence-electron chi connectivity index (χ1n) is 0.756. The first-order valence-corrected chi connectivity index (χ1v) is 5.89. The van der Waals surface area contributed by atoms with Crippen LogP contribution in [0.15, 0.2) is 0 Å². The van der Waals surface area contributed by atoms with E-state index in [2.05, 4.69) is 10.0 Å². The van der Waals surface area contributed by atoms with Gasteiger partial charge in [0, 0.05) is 0 Å². The predicted octanol–water partition coefficient (Wildman–Crippen LogP) is 1.57. The minimum absolute atomic E-state index is 3.72. The molecule has 0 amide bonds. The van der Waals surface area contributed by atoms with Crippen molar-refractivity contribution in [3.05, 3.63) is 0 Å². The molecule has 0 bridgehead atoms. The molecule has 0 heterocycles. The molecule has 0 saturated carbocycles. The van der Waals surface area contributed by atoms with Crippen LogP contribution in [-0.4, -0.2) is 13.7 Å². The normalized spacial score (nSPS) is 12.0. The Morgan fingerprint density at radius 2 is 1.20 bits per heavy atom. The van der Waals surface area contributed by atoms with E-state index in [1.54, 1.807) is 0 Å². The van der Waals surface area contributed by atoms with Gasteiger partial charge in [0.1, 0.15) is 0 Å². The number of halogens is 4. The summed E-state index contributed by atoms with van der Waals surface area (Å²) in [5.74, 6) is 0. The Balaban J connectivity index is 3.02. The molecule has 0 atom stereocenters. The van der Waals surface area contributed by atoms with Gasteiger partial charge in [-0.15, -0.1) is 0 Å². The van der Waals surface area contributed by atoms with E-state index in [1.165, 1.54) is 0 Å². The van der Waals surface area contributed by atoms with E-state index in [-0.39, 0.29) is 0 Å². The molecule has 0 radical (unpaired) electrons. The summed E-state index contributed by atoms with van der Waals surface area (Å²) in [5.41, 5.74) is 0. The molecule has 0 rings (SSSR count). The number of hydrogen-bond acceptors (Lipinski definition) is 0. The molecule has 0 fully saturated rings. The van der Waals surface area contributed by atoms with Crippen LogP contribution in [0.4, 0.5) is 10.5 Å². The van der Waals surface area contributed by atoms with Gasteiger partial charge >= 0.3 is 34.2 Å². The number of hydrogen-bond donors (Lipinski definition) is 0. The molecule has 0 N–H and O–H groups in total. The Hall–Kier alpha value is 0.623. The van der Waals surface area contributed by atoms with Crippen LogP contribution in [0.2, 0.25) is 0 Å². The summed E-state index contributed by atoms with van der Waals surface area (Å²) in [7, 11) is 3.72. The zero-order valence-corrected chi connectivity index (χ0v) is 4.87. The van der Waals surface area contributed by atoms with Crippen LogP contribution in [0, 0.1) is 0 Å². The van der Waals surface area contributed by atoms with Crippen molar-refractivity contribution in [1.82, 2.24) is 0 Å². The van der Waals surface area contributed by atoms with E-state index in [1.807, 2.05) is 0 Å². The third kappa shape index (κ3) is 82.0. The van der Waals surface area contributed by atoms with Gasteiger partial charge in [-0.05, 0) is 0 Å². The molecule has 0 aromatic rings. The fourth-order valence-corrected chi connectivity index (χ4v) is 0. The van der Waals surface area contributed by atoms with E-state index >= 15 is 0 Å². The molecule has 5 heteroatoms. The molecule has 0 spiro atoms. The van der Waals surface area contributed by atoms with Crippen molar-refractivity contribution in [3.63, 3.8) is 0 Å². The SMILES string of the molecule is [F][Ge]([F])([F])[Cl]. The fraction of sp³-hybridized carbons (Fsp3) is 0. The quantitative estimate of drug-likeness (QED) is 0.478. The average Bonchev–Trinajstić information content (AvgIpc) is 0.722. The zero-order valence-electron chi connectivity index (χ0n) is 2.01. The van der Waals surface area contributed by atoms with Crippen molar-refractivity contribution in [1.29, 1.82) is 0 Å². The molecule has 0 unspecified atom stereocenters. The van der Waals surface area contributed by atoms with E-state index in [4.69, 9.17) is 0 Å². The van der Waals surface area contributed by atoms with Crippen LogP contribution < -0.4 is 0 Å². The van der Waals surface area contributed by atoms with Gasteiger partial charge in [0.05, 0.1) is 0 Å². The Morgan fingerprint density at radius 3 is 1.20 bits per heavy atom. The van der Waals surface area contributed by atoms with Gasteiger partial charge in [0.2, 0.25) is 0 Å². The second-order valence-corrected chi connectivity index (χ2v) is 4.45. The van der Waals surface area contributed by atoms with E-state index < -0.39 is 13.7 Å². The molecular formula is ClF3Ge. The summed E-state index contributed by atoms with van der Waals surface area (Å²) in [5, 5.41) is 0. The van der Waals surface area contributed by atoms with Crippen LogP contribution >= 0.6 is 10.0 Å². The van der Waals surface area contributed by atoms with Gasteiger partial charge in [-0.25, -0.2) is 0 Å². The molecule has 0 nitrogen and oxygen atoms in total. The number of rotatable bonds is 0. The van der Waals surface area contributed by atoms with Crippen molar-refractivity contribution < 1.29 is 10.5 Å². The summed E-state index contributed by atoms with van der Waals surface area (Å²) < 4.78 is 30.9. The Morgan fingerprint density at radius 1 is 1.20 bits per heavy atom. The van der Waals surface area contributed by atoms with Crippen LogP contribution in [-0.2, 0) is 0 Å². The molecule has 0 aliphatic rings. The van der Waals surface area contributed by atoms with Gasteiger partial charge in [-0.2, -0.15) is 0 Å². The maximum absolute atomic E-state index is 10.3. The standard InChI is InChI=1S/ClF3Ge/c1-5(2,3)4. The van der Waals surface area contributed by atoms with Crippen LogP contribution in [0.1, 0.15) is 0 Å². The second-order valence-electron chi connectivity index (χ2n) is 0.429. The molecule has 0 aliphatic carbocycles. The van der Waals surface area contributed by atoms with Gasteiger partial charge in [0.15, 0.2) is 0 Å². The van der Waals surface area contributed by atoms with Gasteiger partial charge < -0.3 is 0 Å². The van der Waals surface area contributed by atoms with Crippen molar-refractivity contribution in [2.45, 2.75) is 0 Å². The predicted molar refractivity (Wildman–Crippen MR) is 14.9 cm³/mol. The minimum atomic E-state index is -6.03. The second kappa shape index (κ2) is 1.38. The van der Waals surface area contributed by atoms with Crippen LogP contribution in [0.3, 0.4) is 0 Å². The van der Waals surface area contributed by atoms with E-state index in [0.29, 0.717) is 0 Å². The van der Waals surface area contributed by atoms with Gasteiger partial charge in [0.25, 0.3) is 0 Å². The Bertz CT molecular complexity index is 22.4. The first-order chi connectivity index (χ1) is 2.00. The maximum atomic E-state index is 10.3. The molecule has 0 saturated heterocycles. The molecule has 0 aliphatic heterocycles. The average molecular weight is 165 g/mol. The summed E-state index contributed by atoms with van der Waals surface area (Å²) >= 11 is -6.03.